The molecule has 0 aliphatic rings. The van der Waals surface area contributed by atoms with Gasteiger partial charge < -0.3 is 0 Å². The summed E-state index contributed by atoms with van der Waals surface area (Å²) >= 11 is 11.0. The van der Waals surface area contributed by atoms with Gasteiger partial charge in [-0.25, -0.2) is 0 Å². The molecule has 0 saturated heterocycles. The Labute approximate surface area is 93.4 Å². The number of hydrogen-bond donors (Lipinski definition) is 0. The van der Waals surface area contributed by atoms with Gasteiger partial charge in [-0.2, -0.15) is 13.2 Å². The standard InChI is InChI=1S/C8H5Cl2F3S/c1-4-2-3-5(9)7(6(4)10)14-8(11,12)13/h2-3H,1H3. The van der Waals surface area contributed by atoms with Crippen LogP contribution in [0.1, 0.15) is 5.56 Å². The van der Waals surface area contributed by atoms with Crippen molar-refractivity contribution in [3.05, 3.63) is 27.7 Å². The SMILES string of the molecule is Cc1ccc(Cl)c(SC(F)(F)F)c1Cl. The van der Waals surface area contributed by atoms with Crippen molar-refractivity contribution in [1.29, 1.82) is 0 Å². The second-order valence-corrected chi connectivity index (χ2v) is 4.42. The van der Waals surface area contributed by atoms with Crippen molar-refractivity contribution in [3.63, 3.8) is 0 Å². The Morgan fingerprint density at radius 3 is 2.29 bits per heavy atom. The molecule has 0 unspecified atom stereocenters. The molecule has 0 aromatic heterocycles. The van der Waals surface area contributed by atoms with E-state index in [1.807, 2.05) is 0 Å². The fourth-order valence-electron chi connectivity index (χ4n) is 0.840. The van der Waals surface area contributed by atoms with Gasteiger partial charge in [0.15, 0.2) is 0 Å². The lowest BCUT2D eigenvalue weighted by Gasteiger charge is -2.10. The molecule has 0 N–H and O–H groups in total. The number of benzene rings is 1. The smallest absolute Gasteiger partial charge is 0.160 e. The molecule has 0 atom stereocenters. The third kappa shape index (κ3) is 2.97. The first-order chi connectivity index (χ1) is 6.31. The Morgan fingerprint density at radius 2 is 1.79 bits per heavy atom. The topological polar surface area (TPSA) is 0 Å². The molecule has 0 radical (unpaired) electrons. The van der Waals surface area contributed by atoms with E-state index in [9.17, 15) is 13.2 Å². The molecule has 0 spiro atoms. The maximum Gasteiger partial charge on any atom is 0.446 e. The molecule has 0 bridgehead atoms. The average Bonchev–Trinajstić information content (AvgIpc) is 2.04. The Morgan fingerprint density at radius 1 is 1.21 bits per heavy atom. The molecule has 0 heterocycles. The van der Waals surface area contributed by atoms with Gasteiger partial charge >= 0.3 is 5.51 Å². The van der Waals surface area contributed by atoms with E-state index in [1.165, 1.54) is 6.07 Å². The average molecular weight is 261 g/mol. The highest BCUT2D eigenvalue weighted by Crippen LogP contribution is 2.44. The normalized spacial score (nSPS) is 11.9. The fraction of sp³-hybridized carbons (Fsp3) is 0.250. The molecular formula is C8H5Cl2F3S. The predicted molar refractivity (Wildman–Crippen MR) is 53.1 cm³/mol. The van der Waals surface area contributed by atoms with Crippen LogP contribution in [0.15, 0.2) is 17.0 Å². The third-order valence-electron chi connectivity index (χ3n) is 1.46. The number of alkyl halides is 3. The quantitative estimate of drug-likeness (QED) is 0.647. The minimum Gasteiger partial charge on any atom is -0.160 e. The van der Waals surface area contributed by atoms with E-state index < -0.39 is 5.51 Å². The van der Waals surface area contributed by atoms with E-state index in [0.717, 1.165) is 0 Å². The van der Waals surface area contributed by atoms with Crippen LogP contribution in [0.5, 0.6) is 0 Å². The van der Waals surface area contributed by atoms with Crippen LogP contribution < -0.4 is 0 Å². The molecule has 1 aromatic carbocycles. The Hall–Kier alpha value is -0.0600. The van der Waals surface area contributed by atoms with Gasteiger partial charge in [0.25, 0.3) is 0 Å². The summed E-state index contributed by atoms with van der Waals surface area (Å²) < 4.78 is 36.2. The zero-order valence-corrected chi connectivity index (χ0v) is 9.28. The number of aryl methyl sites for hydroxylation is 1. The van der Waals surface area contributed by atoms with Gasteiger partial charge in [-0.3, -0.25) is 0 Å². The van der Waals surface area contributed by atoms with E-state index in [4.69, 9.17) is 23.2 Å². The predicted octanol–water partition coefficient (Wildman–Crippen LogP) is 4.91. The van der Waals surface area contributed by atoms with Crippen LogP contribution in [-0.2, 0) is 0 Å². The molecule has 6 heteroatoms. The minimum absolute atomic E-state index is 0.0166. The molecule has 1 aromatic rings. The molecule has 0 saturated carbocycles. The van der Waals surface area contributed by atoms with Crippen LogP contribution in [0, 0.1) is 6.92 Å². The number of rotatable bonds is 1. The number of thioether (sulfide) groups is 1. The van der Waals surface area contributed by atoms with Gasteiger partial charge in [0, 0.05) is 0 Å². The monoisotopic (exact) mass is 260 g/mol. The first-order valence-electron chi connectivity index (χ1n) is 3.51. The summed E-state index contributed by atoms with van der Waals surface area (Å²) in [5, 5.41) is 0.0720. The summed E-state index contributed by atoms with van der Waals surface area (Å²) in [6, 6.07) is 2.97. The largest absolute Gasteiger partial charge is 0.446 e. The van der Waals surface area contributed by atoms with Crippen LogP contribution in [0.4, 0.5) is 13.2 Å². The molecule has 14 heavy (non-hydrogen) atoms. The van der Waals surface area contributed by atoms with E-state index in [1.54, 1.807) is 13.0 Å². The lowest BCUT2D eigenvalue weighted by molar-refractivity contribution is -0.0328. The Balaban J connectivity index is 3.13. The lowest BCUT2D eigenvalue weighted by Crippen LogP contribution is -2.00. The number of hydrogen-bond acceptors (Lipinski definition) is 1. The summed E-state index contributed by atoms with van der Waals surface area (Å²) in [5.41, 5.74) is -3.80. The van der Waals surface area contributed by atoms with Crippen LogP contribution in [0.3, 0.4) is 0 Å². The lowest BCUT2D eigenvalue weighted by atomic mass is 10.2. The van der Waals surface area contributed by atoms with Crippen molar-refractivity contribution in [2.24, 2.45) is 0 Å². The zero-order valence-electron chi connectivity index (χ0n) is 6.95. The molecule has 0 aliphatic carbocycles. The van der Waals surface area contributed by atoms with E-state index in [0.29, 0.717) is 5.56 Å². The van der Waals surface area contributed by atoms with Gasteiger partial charge in [-0.15, -0.1) is 0 Å². The fourth-order valence-corrected chi connectivity index (χ4v) is 2.09. The summed E-state index contributed by atoms with van der Waals surface area (Å²) in [4.78, 5) is -0.138. The molecule has 0 amide bonds. The van der Waals surface area contributed by atoms with Crippen molar-refractivity contribution >= 4 is 35.0 Å². The minimum atomic E-state index is -4.37. The van der Waals surface area contributed by atoms with E-state index in [2.05, 4.69) is 0 Å². The van der Waals surface area contributed by atoms with Crippen LogP contribution >= 0.6 is 35.0 Å². The highest BCUT2D eigenvalue weighted by atomic mass is 35.5. The van der Waals surface area contributed by atoms with Gasteiger partial charge in [-0.1, -0.05) is 29.3 Å². The van der Waals surface area contributed by atoms with Crippen molar-refractivity contribution in [1.82, 2.24) is 0 Å². The van der Waals surface area contributed by atoms with Gasteiger partial charge in [0.1, 0.15) is 0 Å². The van der Waals surface area contributed by atoms with Crippen molar-refractivity contribution < 1.29 is 13.2 Å². The van der Waals surface area contributed by atoms with Gasteiger partial charge in [0.2, 0.25) is 0 Å². The highest BCUT2D eigenvalue weighted by Gasteiger charge is 2.31. The van der Waals surface area contributed by atoms with Crippen LogP contribution in [-0.4, -0.2) is 5.51 Å². The van der Waals surface area contributed by atoms with Crippen molar-refractivity contribution in [2.45, 2.75) is 17.3 Å². The third-order valence-corrected chi connectivity index (χ3v) is 3.35. The number of halogens is 5. The highest BCUT2D eigenvalue weighted by molar-refractivity contribution is 8.00. The Kier molecular flexibility index (Phi) is 3.61. The second kappa shape index (κ2) is 4.21. The Bertz CT molecular complexity index is 349. The summed E-state index contributed by atoms with van der Waals surface area (Å²) in [7, 11) is 0. The summed E-state index contributed by atoms with van der Waals surface area (Å²) in [5.74, 6) is 0. The second-order valence-electron chi connectivity index (χ2n) is 2.56. The molecule has 1 rings (SSSR count). The zero-order chi connectivity index (χ0) is 10.9. The molecule has 0 aliphatic heterocycles. The molecule has 78 valence electrons. The summed E-state index contributed by atoms with van der Waals surface area (Å²) in [6.45, 7) is 1.62. The van der Waals surface area contributed by atoms with Gasteiger partial charge in [0.05, 0.1) is 14.9 Å². The molecule has 0 nitrogen and oxygen atoms in total. The summed E-state index contributed by atoms with van der Waals surface area (Å²) in [6.07, 6.45) is 0. The van der Waals surface area contributed by atoms with Crippen molar-refractivity contribution in [3.8, 4) is 0 Å². The molecular weight excluding hydrogens is 256 g/mol. The van der Waals surface area contributed by atoms with Crippen molar-refractivity contribution in [2.75, 3.05) is 0 Å². The molecule has 0 fully saturated rings. The maximum atomic E-state index is 12.1. The van der Waals surface area contributed by atoms with Gasteiger partial charge in [-0.05, 0) is 30.3 Å². The van der Waals surface area contributed by atoms with E-state index in [-0.39, 0.29) is 26.7 Å². The van der Waals surface area contributed by atoms with E-state index >= 15 is 0 Å². The van der Waals surface area contributed by atoms with Crippen LogP contribution in [0.25, 0.3) is 0 Å². The first kappa shape index (κ1) is 12.0. The van der Waals surface area contributed by atoms with Crippen LogP contribution in [0.2, 0.25) is 10.0 Å². The maximum absolute atomic E-state index is 12.1. The first-order valence-corrected chi connectivity index (χ1v) is 5.09.